The van der Waals surface area contributed by atoms with Gasteiger partial charge in [0.1, 0.15) is 6.26 Å². The number of piperidine rings is 1. The zero-order valence-corrected chi connectivity index (χ0v) is 13.1. The van der Waals surface area contributed by atoms with Crippen LogP contribution in [0.3, 0.4) is 0 Å². The van der Waals surface area contributed by atoms with E-state index in [4.69, 9.17) is 8.94 Å². The third-order valence-electron chi connectivity index (χ3n) is 4.09. The van der Waals surface area contributed by atoms with Gasteiger partial charge in [-0.3, -0.25) is 0 Å². The van der Waals surface area contributed by atoms with Crippen LogP contribution in [0.4, 0.5) is 5.82 Å². The Kier molecular flexibility index (Phi) is 4.20. The Morgan fingerprint density at radius 3 is 3.17 bits per heavy atom. The fourth-order valence-corrected chi connectivity index (χ4v) is 2.88. The molecular formula is C16H18N6O2. The van der Waals surface area contributed by atoms with Gasteiger partial charge in [0.05, 0.1) is 18.4 Å². The van der Waals surface area contributed by atoms with Gasteiger partial charge in [-0.1, -0.05) is 5.16 Å². The van der Waals surface area contributed by atoms with E-state index in [1.165, 1.54) is 0 Å². The van der Waals surface area contributed by atoms with E-state index in [-0.39, 0.29) is 0 Å². The molecule has 8 nitrogen and oxygen atoms in total. The average Bonchev–Trinajstić information content (AvgIpc) is 3.32. The molecule has 124 valence electrons. The molecule has 0 bridgehead atoms. The van der Waals surface area contributed by atoms with Crippen LogP contribution in [-0.2, 0) is 6.54 Å². The molecule has 24 heavy (non-hydrogen) atoms. The summed E-state index contributed by atoms with van der Waals surface area (Å²) >= 11 is 0. The average molecular weight is 326 g/mol. The fraction of sp³-hybridized carbons (Fsp3) is 0.375. The van der Waals surface area contributed by atoms with Crippen LogP contribution in [0.15, 0.2) is 45.9 Å². The molecule has 0 spiro atoms. The van der Waals surface area contributed by atoms with Crippen LogP contribution in [0.2, 0.25) is 0 Å². The molecule has 4 rings (SSSR count). The van der Waals surface area contributed by atoms with Gasteiger partial charge < -0.3 is 19.2 Å². The predicted octanol–water partition coefficient (Wildman–Crippen LogP) is 1.88. The lowest BCUT2D eigenvalue weighted by atomic mass is 10.1. The summed E-state index contributed by atoms with van der Waals surface area (Å²) in [7, 11) is 0. The number of nitrogens with zero attached hydrogens (tertiary/aromatic N) is 5. The molecule has 1 saturated heterocycles. The van der Waals surface area contributed by atoms with Crippen molar-refractivity contribution < 1.29 is 8.94 Å². The van der Waals surface area contributed by atoms with Crippen LogP contribution in [0.5, 0.6) is 0 Å². The highest BCUT2D eigenvalue weighted by molar-refractivity contribution is 5.51. The minimum absolute atomic E-state index is 0.352. The maximum absolute atomic E-state index is 5.29. The molecule has 0 aliphatic carbocycles. The first-order valence-corrected chi connectivity index (χ1v) is 8.00. The third kappa shape index (κ3) is 3.28. The largest absolute Gasteiger partial charge is 0.472 e. The van der Waals surface area contributed by atoms with Crippen LogP contribution in [0.1, 0.15) is 18.7 Å². The summed E-state index contributed by atoms with van der Waals surface area (Å²) in [6.07, 6.45) is 7.10. The van der Waals surface area contributed by atoms with Crippen molar-refractivity contribution in [3.8, 4) is 11.4 Å². The number of hydrogen-bond acceptors (Lipinski definition) is 8. The lowest BCUT2D eigenvalue weighted by molar-refractivity contribution is 0.344. The van der Waals surface area contributed by atoms with E-state index in [1.807, 2.05) is 18.2 Å². The highest BCUT2D eigenvalue weighted by Gasteiger charge is 2.21. The van der Waals surface area contributed by atoms with Crippen LogP contribution >= 0.6 is 0 Å². The van der Waals surface area contributed by atoms with Gasteiger partial charge in [0.15, 0.2) is 5.82 Å². The molecule has 1 atom stereocenters. The quantitative estimate of drug-likeness (QED) is 0.759. The Hall–Kier alpha value is -2.74. The summed E-state index contributed by atoms with van der Waals surface area (Å²) in [5.41, 5.74) is 0.816. The second-order valence-corrected chi connectivity index (χ2v) is 5.77. The first-order chi connectivity index (χ1) is 11.9. The van der Waals surface area contributed by atoms with Crippen molar-refractivity contribution in [3.05, 3.63) is 42.8 Å². The fourth-order valence-electron chi connectivity index (χ4n) is 2.88. The van der Waals surface area contributed by atoms with Crippen molar-refractivity contribution in [2.24, 2.45) is 0 Å². The second-order valence-electron chi connectivity index (χ2n) is 5.77. The molecule has 1 aliphatic rings. The summed E-state index contributed by atoms with van der Waals surface area (Å²) in [5.74, 6) is 2.04. The number of rotatable bonds is 5. The van der Waals surface area contributed by atoms with Gasteiger partial charge in [-0.2, -0.15) is 10.1 Å². The standard InChI is InChI=1S/C16H18N6O2/c1-4-14(20-18-6-1)22-7-2-3-13(10-22)17-9-15-19-16(21-24-15)12-5-8-23-11-12/h1,4-6,8,11,13,17H,2-3,7,9-10H2. The van der Waals surface area contributed by atoms with E-state index < -0.39 is 0 Å². The maximum atomic E-state index is 5.29. The Morgan fingerprint density at radius 1 is 1.33 bits per heavy atom. The van der Waals surface area contributed by atoms with Crippen molar-refractivity contribution in [2.45, 2.75) is 25.4 Å². The van der Waals surface area contributed by atoms with Gasteiger partial charge in [-0.05, 0) is 31.0 Å². The van der Waals surface area contributed by atoms with E-state index in [0.717, 1.165) is 37.3 Å². The van der Waals surface area contributed by atoms with Gasteiger partial charge in [0.25, 0.3) is 0 Å². The van der Waals surface area contributed by atoms with Crippen LogP contribution < -0.4 is 10.2 Å². The van der Waals surface area contributed by atoms with Crippen molar-refractivity contribution >= 4 is 5.82 Å². The first kappa shape index (κ1) is 14.8. The molecule has 0 amide bonds. The zero-order valence-electron chi connectivity index (χ0n) is 13.1. The summed E-state index contributed by atoms with van der Waals surface area (Å²) < 4.78 is 10.3. The molecule has 0 radical (unpaired) electrons. The van der Waals surface area contributed by atoms with Crippen molar-refractivity contribution in [2.75, 3.05) is 18.0 Å². The van der Waals surface area contributed by atoms with Gasteiger partial charge in [-0.25, -0.2) is 0 Å². The molecule has 3 aromatic rings. The smallest absolute Gasteiger partial charge is 0.240 e. The van der Waals surface area contributed by atoms with E-state index in [1.54, 1.807) is 18.7 Å². The topological polar surface area (TPSA) is 93.1 Å². The minimum atomic E-state index is 0.352. The van der Waals surface area contributed by atoms with Gasteiger partial charge in [0.2, 0.25) is 11.7 Å². The number of hydrogen-bond donors (Lipinski definition) is 1. The van der Waals surface area contributed by atoms with Crippen molar-refractivity contribution in [1.29, 1.82) is 0 Å². The number of nitrogens with one attached hydrogen (secondary N) is 1. The Morgan fingerprint density at radius 2 is 2.33 bits per heavy atom. The lowest BCUT2D eigenvalue weighted by Crippen LogP contribution is -2.45. The maximum Gasteiger partial charge on any atom is 0.240 e. The Labute approximate surface area is 138 Å². The Balaban J connectivity index is 1.34. The molecule has 1 unspecified atom stereocenters. The third-order valence-corrected chi connectivity index (χ3v) is 4.09. The van der Waals surface area contributed by atoms with Gasteiger partial charge in [0, 0.05) is 25.3 Å². The van der Waals surface area contributed by atoms with Crippen LogP contribution in [-0.4, -0.2) is 39.5 Å². The highest BCUT2D eigenvalue weighted by atomic mass is 16.5. The number of anilines is 1. The lowest BCUT2D eigenvalue weighted by Gasteiger charge is -2.33. The molecule has 0 saturated carbocycles. The molecular weight excluding hydrogens is 308 g/mol. The zero-order chi connectivity index (χ0) is 16.2. The second kappa shape index (κ2) is 6.79. The summed E-state index contributed by atoms with van der Waals surface area (Å²) in [6, 6.07) is 6.06. The van der Waals surface area contributed by atoms with Crippen molar-refractivity contribution in [1.82, 2.24) is 25.7 Å². The van der Waals surface area contributed by atoms with Gasteiger partial charge in [-0.15, -0.1) is 5.10 Å². The van der Waals surface area contributed by atoms with E-state index in [0.29, 0.717) is 24.3 Å². The molecule has 8 heteroatoms. The highest BCUT2D eigenvalue weighted by Crippen LogP contribution is 2.18. The molecule has 0 aromatic carbocycles. The molecule has 1 N–H and O–H groups in total. The number of aromatic nitrogens is 4. The van der Waals surface area contributed by atoms with E-state index in [9.17, 15) is 0 Å². The van der Waals surface area contributed by atoms with E-state index in [2.05, 4.69) is 30.6 Å². The summed E-state index contributed by atoms with van der Waals surface area (Å²) in [5, 5.41) is 15.6. The summed E-state index contributed by atoms with van der Waals surface area (Å²) in [4.78, 5) is 6.63. The normalized spacial score (nSPS) is 18.0. The molecule has 1 aliphatic heterocycles. The van der Waals surface area contributed by atoms with Crippen molar-refractivity contribution in [3.63, 3.8) is 0 Å². The molecule has 4 heterocycles. The Bertz CT molecular complexity index is 758. The van der Waals surface area contributed by atoms with Crippen LogP contribution in [0, 0.1) is 0 Å². The molecule has 1 fully saturated rings. The first-order valence-electron chi connectivity index (χ1n) is 8.00. The monoisotopic (exact) mass is 326 g/mol. The van der Waals surface area contributed by atoms with Crippen LogP contribution in [0.25, 0.3) is 11.4 Å². The summed E-state index contributed by atoms with van der Waals surface area (Å²) in [6.45, 7) is 2.44. The van der Waals surface area contributed by atoms with Gasteiger partial charge >= 0.3 is 0 Å². The minimum Gasteiger partial charge on any atom is -0.472 e. The molecule has 3 aromatic heterocycles. The predicted molar refractivity (Wildman–Crippen MR) is 86.1 cm³/mol. The SMILES string of the molecule is c1cnnc(N2CCCC(NCc3nc(-c4ccoc4)no3)C2)c1. The number of furan rings is 1. The van der Waals surface area contributed by atoms with E-state index >= 15 is 0 Å².